The normalized spacial score (nSPS) is 11.1. The molecule has 5 aromatic rings. The van der Waals surface area contributed by atoms with Crippen molar-refractivity contribution in [2.24, 2.45) is 0 Å². The summed E-state index contributed by atoms with van der Waals surface area (Å²) >= 11 is 3.75. The Morgan fingerprint density at radius 3 is 1.11 bits per heavy atom. The summed E-state index contributed by atoms with van der Waals surface area (Å²) in [5.41, 5.74) is 0. The molecule has 0 N–H and O–H groups in total. The van der Waals surface area contributed by atoms with Crippen LogP contribution in [0.3, 0.4) is 0 Å². The number of hydrogen-bond acceptors (Lipinski definition) is 4. The van der Waals surface area contributed by atoms with E-state index in [1.54, 1.807) is 0 Å². The third kappa shape index (κ3) is 6.18. The highest BCUT2D eigenvalue weighted by Crippen LogP contribution is 2.42. The Balaban J connectivity index is 1.28. The van der Waals surface area contributed by atoms with Crippen molar-refractivity contribution >= 4 is 45.1 Å². The molecule has 0 amide bonds. The number of rotatable bonds is 12. The molecule has 0 aliphatic carbocycles. The van der Waals surface area contributed by atoms with Crippen LogP contribution >= 0.6 is 23.5 Å². The first-order chi connectivity index (χ1) is 17.9. The average molecular weight is 511 g/mol. The second-order valence-electron chi connectivity index (χ2n) is 8.48. The molecule has 0 aliphatic rings. The van der Waals surface area contributed by atoms with Crippen molar-refractivity contribution in [2.75, 3.05) is 24.7 Å². The lowest BCUT2D eigenvalue weighted by Crippen LogP contribution is -2.03. The molecule has 0 atom stereocenters. The molecule has 0 radical (unpaired) electrons. The Morgan fingerprint density at radius 2 is 0.750 bits per heavy atom. The lowest BCUT2D eigenvalue weighted by Gasteiger charge is -2.18. The molecule has 0 aliphatic heterocycles. The SMILES string of the molecule is c1ccc(SCCCOc2c3ccccc3c(OCCCSc3ccccc3)c3ccccc23)cc1. The Labute approximate surface area is 222 Å². The Kier molecular flexibility index (Phi) is 8.72. The second-order valence-corrected chi connectivity index (χ2v) is 10.8. The van der Waals surface area contributed by atoms with Crippen LogP contribution in [-0.4, -0.2) is 24.7 Å². The fourth-order valence-corrected chi connectivity index (χ4v) is 5.93. The summed E-state index contributed by atoms with van der Waals surface area (Å²) in [5, 5.41) is 4.45. The molecule has 182 valence electrons. The minimum atomic E-state index is 0.685. The number of thioether (sulfide) groups is 2. The van der Waals surface area contributed by atoms with Gasteiger partial charge in [0.25, 0.3) is 0 Å². The number of hydrogen-bond donors (Lipinski definition) is 0. The molecule has 0 aromatic heterocycles. The average Bonchev–Trinajstić information content (AvgIpc) is 2.94. The molecule has 0 spiro atoms. The predicted octanol–water partition coefficient (Wildman–Crippen LogP) is 9.12. The van der Waals surface area contributed by atoms with E-state index in [1.807, 2.05) is 23.5 Å². The molecule has 0 saturated carbocycles. The van der Waals surface area contributed by atoms with Gasteiger partial charge in [-0.05, 0) is 37.1 Å². The summed E-state index contributed by atoms with van der Waals surface area (Å²) in [4.78, 5) is 2.61. The van der Waals surface area contributed by atoms with E-state index in [2.05, 4.69) is 109 Å². The highest BCUT2D eigenvalue weighted by atomic mass is 32.2. The van der Waals surface area contributed by atoms with E-state index in [1.165, 1.54) is 9.79 Å². The second kappa shape index (κ2) is 12.8. The Bertz CT molecular complexity index is 1220. The van der Waals surface area contributed by atoms with Crippen molar-refractivity contribution < 1.29 is 9.47 Å². The van der Waals surface area contributed by atoms with Crippen LogP contribution in [0.1, 0.15) is 12.8 Å². The van der Waals surface area contributed by atoms with Gasteiger partial charge in [-0.2, -0.15) is 0 Å². The van der Waals surface area contributed by atoms with E-state index in [4.69, 9.17) is 9.47 Å². The van der Waals surface area contributed by atoms with Crippen LogP contribution in [0.5, 0.6) is 11.5 Å². The van der Waals surface area contributed by atoms with Gasteiger partial charge in [0.2, 0.25) is 0 Å². The number of ether oxygens (including phenoxy) is 2. The summed E-state index contributed by atoms with van der Waals surface area (Å²) in [6.45, 7) is 1.37. The molecule has 0 unspecified atom stereocenters. The van der Waals surface area contributed by atoms with E-state index in [0.29, 0.717) is 13.2 Å². The zero-order valence-corrected chi connectivity index (χ0v) is 21.9. The van der Waals surface area contributed by atoms with E-state index in [0.717, 1.165) is 57.4 Å². The zero-order valence-electron chi connectivity index (χ0n) is 20.3. The summed E-state index contributed by atoms with van der Waals surface area (Å²) in [6.07, 6.45) is 1.97. The first kappa shape index (κ1) is 24.6. The summed E-state index contributed by atoms with van der Waals surface area (Å²) in [6, 6.07) is 38.0. The third-order valence-corrected chi connectivity index (χ3v) is 8.12. The van der Waals surface area contributed by atoms with Gasteiger partial charge >= 0.3 is 0 Å². The molecule has 5 rings (SSSR count). The number of fused-ring (bicyclic) bond motifs is 2. The Morgan fingerprint density at radius 1 is 0.417 bits per heavy atom. The molecule has 4 heteroatoms. The van der Waals surface area contributed by atoms with Crippen molar-refractivity contribution in [3.63, 3.8) is 0 Å². The maximum Gasteiger partial charge on any atom is 0.135 e. The van der Waals surface area contributed by atoms with Crippen molar-refractivity contribution in [3.05, 3.63) is 109 Å². The minimum absolute atomic E-state index is 0.685. The van der Waals surface area contributed by atoms with E-state index < -0.39 is 0 Å². The Hall–Kier alpha value is -3.08. The molecule has 0 fully saturated rings. The van der Waals surface area contributed by atoms with Crippen molar-refractivity contribution in [2.45, 2.75) is 22.6 Å². The fraction of sp³-hybridized carbons (Fsp3) is 0.188. The maximum atomic E-state index is 6.45. The lowest BCUT2D eigenvalue weighted by atomic mass is 10.0. The zero-order chi connectivity index (χ0) is 24.4. The smallest absolute Gasteiger partial charge is 0.135 e. The summed E-state index contributed by atoms with van der Waals surface area (Å²) in [7, 11) is 0. The standard InChI is InChI=1S/C32H30O2S2/c1-3-13-25(14-4-1)35-23-11-21-33-31-27-17-7-9-19-29(27)32(30-20-10-8-18-28(30)31)34-22-12-24-36-26-15-5-2-6-16-26/h1-10,13-20H,11-12,21-24H2. The first-order valence-corrected chi connectivity index (χ1v) is 14.4. The van der Waals surface area contributed by atoms with Crippen LogP contribution in [0.25, 0.3) is 21.5 Å². The summed E-state index contributed by atoms with van der Waals surface area (Å²) < 4.78 is 12.9. The van der Waals surface area contributed by atoms with Gasteiger partial charge in [0.15, 0.2) is 0 Å². The quantitative estimate of drug-likeness (QED) is 0.0946. The molecule has 2 nitrogen and oxygen atoms in total. The van der Waals surface area contributed by atoms with E-state index in [9.17, 15) is 0 Å². The maximum absolute atomic E-state index is 6.45. The van der Waals surface area contributed by atoms with Gasteiger partial charge in [0.05, 0.1) is 13.2 Å². The van der Waals surface area contributed by atoms with Crippen molar-refractivity contribution in [1.29, 1.82) is 0 Å². The predicted molar refractivity (Wildman–Crippen MR) is 156 cm³/mol. The van der Waals surface area contributed by atoms with Crippen LogP contribution < -0.4 is 9.47 Å². The number of benzene rings is 5. The van der Waals surface area contributed by atoms with Crippen LogP contribution in [0, 0.1) is 0 Å². The van der Waals surface area contributed by atoms with Crippen LogP contribution in [0.15, 0.2) is 119 Å². The van der Waals surface area contributed by atoms with E-state index in [-0.39, 0.29) is 0 Å². The highest BCUT2D eigenvalue weighted by Gasteiger charge is 2.15. The van der Waals surface area contributed by atoms with Gasteiger partial charge in [-0.1, -0.05) is 84.9 Å². The van der Waals surface area contributed by atoms with Crippen molar-refractivity contribution in [1.82, 2.24) is 0 Å². The van der Waals surface area contributed by atoms with Gasteiger partial charge in [0.1, 0.15) is 11.5 Å². The van der Waals surface area contributed by atoms with Gasteiger partial charge in [0, 0.05) is 42.8 Å². The fourth-order valence-electron chi connectivity index (χ4n) is 4.24. The topological polar surface area (TPSA) is 18.5 Å². The minimum Gasteiger partial charge on any atom is -0.492 e. The van der Waals surface area contributed by atoms with Crippen LogP contribution in [-0.2, 0) is 0 Å². The van der Waals surface area contributed by atoms with Gasteiger partial charge in [-0.15, -0.1) is 23.5 Å². The molecule has 0 heterocycles. The van der Waals surface area contributed by atoms with Gasteiger partial charge in [-0.25, -0.2) is 0 Å². The molecule has 5 aromatic carbocycles. The molecular formula is C32H30O2S2. The van der Waals surface area contributed by atoms with Gasteiger partial charge in [-0.3, -0.25) is 0 Å². The molecule has 36 heavy (non-hydrogen) atoms. The largest absolute Gasteiger partial charge is 0.492 e. The third-order valence-electron chi connectivity index (χ3n) is 5.93. The van der Waals surface area contributed by atoms with Crippen LogP contribution in [0.4, 0.5) is 0 Å². The van der Waals surface area contributed by atoms with Gasteiger partial charge < -0.3 is 9.47 Å². The lowest BCUT2D eigenvalue weighted by molar-refractivity contribution is 0.321. The molecular weight excluding hydrogens is 480 g/mol. The first-order valence-electron chi connectivity index (χ1n) is 12.4. The molecule has 0 saturated heterocycles. The van der Waals surface area contributed by atoms with Crippen LogP contribution in [0.2, 0.25) is 0 Å². The summed E-state index contributed by atoms with van der Waals surface area (Å²) in [5.74, 6) is 3.97. The van der Waals surface area contributed by atoms with Crippen molar-refractivity contribution in [3.8, 4) is 11.5 Å². The monoisotopic (exact) mass is 510 g/mol. The molecule has 0 bridgehead atoms. The highest BCUT2D eigenvalue weighted by molar-refractivity contribution is 7.99. The van der Waals surface area contributed by atoms with E-state index >= 15 is 0 Å².